The van der Waals surface area contributed by atoms with E-state index in [0.29, 0.717) is 30.0 Å². The predicted octanol–water partition coefficient (Wildman–Crippen LogP) is 3.51. The molecule has 0 aliphatic heterocycles. The Morgan fingerprint density at radius 1 is 1.04 bits per heavy atom. The van der Waals surface area contributed by atoms with Gasteiger partial charge in [-0.15, -0.1) is 0 Å². The van der Waals surface area contributed by atoms with E-state index in [9.17, 15) is 13.2 Å². The summed E-state index contributed by atoms with van der Waals surface area (Å²) in [6.07, 6.45) is 1.46. The second kappa shape index (κ2) is 5.98. The first-order valence-corrected chi connectivity index (χ1v) is 9.14. The number of carbonyl (C=O) groups is 1. The molecule has 2 aromatic rings. The van der Waals surface area contributed by atoms with Gasteiger partial charge in [-0.1, -0.05) is 17.7 Å². The molecule has 0 fully saturated rings. The molecule has 120 valence electrons. The number of anilines is 1. The van der Waals surface area contributed by atoms with E-state index < -0.39 is 10.0 Å². The van der Waals surface area contributed by atoms with Crippen molar-refractivity contribution in [3.8, 4) is 0 Å². The van der Waals surface area contributed by atoms with E-state index in [0.717, 1.165) is 16.7 Å². The van der Waals surface area contributed by atoms with Crippen molar-refractivity contribution in [2.24, 2.45) is 0 Å². The molecular formula is C17H16ClNO3S. The second-order valence-corrected chi connectivity index (χ2v) is 7.81. The number of Topliss-reactive ketones (excluding diaryl/α,β-unsaturated/α-hetero) is 1. The molecule has 0 aromatic heterocycles. The largest absolute Gasteiger partial charge is 0.299 e. The maximum Gasteiger partial charge on any atom is 0.261 e. The minimum Gasteiger partial charge on any atom is -0.299 e. The summed E-state index contributed by atoms with van der Waals surface area (Å²) in [5.41, 5.74) is 3.12. The average Bonchev–Trinajstić information content (AvgIpc) is 2.50. The molecule has 23 heavy (non-hydrogen) atoms. The Bertz CT molecular complexity index is 891. The SMILES string of the molecule is Cc1cc(NS(=O)(=O)c2ccc3c(c2)CCC(=O)C3)ccc1Cl. The van der Waals surface area contributed by atoms with Crippen molar-refractivity contribution in [1.82, 2.24) is 0 Å². The lowest BCUT2D eigenvalue weighted by molar-refractivity contribution is -0.118. The molecule has 0 spiro atoms. The number of sulfonamides is 1. The first-order valence-electron chi connectivity index (χ1n) is 7.27. The molecule has 1 N–H and O–H groups in total. The predicted molar refractivity (Wildman–Crippen MR) is 90.5 cm³/mol. The zero-order valence-electron chi connectivity index (χ0n) is 12.6. The van der Waals surface area contributed by atoms with Crippen LogP contribution in [0.2, 0.25) is 5.02 Å². The maximum absolute atomic E-state index is 12.5. The molecule has 6 heteroatoms. The number of halogens is 1. The van der Waals surface area contributed by atoms with Gasteiger partial charge in [0.2, 0.25) is 0 Å². The van der Waals surface area contributed by atoms with Gasteiger partial charge in [0.05, 0.1) is 4.90 Å². The van der Waals surface area contributed by atoms with Gasteiger partial charge < -0.3 is 0 Å². The van der Waals surface area contributed by atoms with E-state index in [4.69, 9.17) is 11.6 Å². The first-order chi connectivity index (χ1) is 10.8. The average molecular weight is 350 g/mol. The first kappa shape index (κ1) is 16.0. The summed E-state index contributed by atoms with van der Waals surface area (Å²) in [6.45, 7) is 1.82. The van der Waals surface area contributed by atoms with Crippen molar-refractivity contribution in [2.75, 3.05) is 4.72 Å². The molecule has 1 aliphatic rings. The van der Waals surface area contributed by atoms with Gasteiger partial charge in [0.25, 0.3) is 10.0 Å². The Morgan fingerprint density at radius 3 is 2.57 bits per heavy atom. The van der Waals surface area contributed by atoms with Crippen LogP contribution in [0.3, 0.4) is 0 Å². The van der Waals surface area contributed by atoms with Crippen molar-refractivity contribution >= 4 is 33.1 Å². The van der Waals surface area contributed by atoms with Crippen molar-refractivity contribution < 1.29 is 13.2 Å². The normalized spacial score (nSPS) is 14.4. The quantitative estimate of drug-likeness (QED) is 0.922. The Hall–Kier alpha value is -1.85. The van der Waals surface area contributed by atoms with Crippen LogP contribution in [0.5, 0.6) is 0 Å². The highest BCUT2D eigenvalue weighted by Crippen LogP contribution is 2.25. The Kier molecular flexibility index (Phi) is 4.17. The molecule has 0 saturated heterocycles. The molecule has 2 aromatic carbocycles. The van der Waals surface area contributed by atoms with E-state index >= 15 is 0 Å². The smallest absolute Gasteiger partial charge is 0.261 e. The highest BCUT2D eigenvalue weighted by Gasteiger charge is 2.20. The van der Waals surface area contributed by atoms with E-state index in [2.05, 4.69) is 4.72 Å². The second-order valence-electron chi connectivity index (χ2n) is 5.72. The van der Waals surface area contributed by atoms with Crippen LogP contribution in [0.4, 0.5) is 5.69 Å². The highest BCUT2D eigenvalue weighted by molar-refractivity contribution is 7.92. The van der Waals surface area contributed by atoms with Gasteiger partial charge in [-0.25, -0.2) is 8.42 Å². The summed E-state index contributed by atoms with van der Waals surface area (Å²) < 4.78 is 27.6. The summed E-state index contributed by atoms with van der Waals surface area (Å²) in [5.74, 6) is 0.197. The molecule has 0 unspecified atom stereocenters. The van der Waals surface area contributed by atoms with Gasteiger partial charge in [-0.3, -0.25) is 9.52 Å². The lowest BCUT2D eigenvalue weighted by Crippen LogP contribution is -2.17. The van der Waals surface area contributed by atoms with Crippen molar-refractivity contribution in [3.05, 3.63) is 58.1 Å². The Labute approximate surface area is 140 Å². The lowest BCUT2D eigenvalue weighted by atomic mass is 9.91. The summed E-state index contributed by atoms with van der Waals surface area (Å²) in [5, 5.41) is 0.589. The zero-order chi connectivity index (χ0) is 16.6. The lowest BCUT2D eigenvalue weighted by Gasteiger charge is -2.16. The van der Waals surface area contributed by atoms with Crippen molar-refractivity contribution in [3.63, 3.8) is 0 Å². The maximum atomic E-state index is 12.5. The minimum absolute atomic E-state index is 0.197. The number of ketones is 1. The number of carbonyl (C=O) groups excluding carboxylic acids is 1. The van der Waals surface area contributed by atoms with Crippen molar-refractivity contribution in [1.29, 1.82) is 0 Å². The van der Waals surface area contributed by atoms with Gasteiger partial charge in [0.15, 0.2) is 0 Å². The van der Waals surface area contributed by atoms with Gasteiger partial charge in [0, 0.05) is 23.6 Å². The number of nitrogens with one attached hydrogen (secondary N) is 1. The molecular weight excluding hydrogens is 334 g/mol. The summed E-state index contributed by atoms with van der Waals surface area (Å²) >= 11 is 5.96. The van der Waals surface area contributed by atoms with Crippen LogP contribution in [0, 0.1) is 6.92 Å². The van der Waals surface area contributed by atoms with Gasteiger partial charge in [-0.05, 0) is 60.4 Å². The van der Waals surface area contributed by atoms with E-state index in [1.165, 1.54) is 0 Å². The molecule has 0 atom stereocenters. The number of benzene rings is 2. The standard InChI is InChI=1S/C17H16ClNO3S/c1-11-8-14(4-7-17(11)18)19-23(21,22)16-6-3-12-9-15(20)5-2-13(12)10-16/h3-4,6-8,10,19H,2,5,9H2,1H3. The van der Waals surface area contributed by atoms with Crippen LogP contribution >= 0.6 is 11.6 Å². The fraction of sp³-hybridized carbons (Fsp3) is 0.235. The van der Waals surface area contributed by atoms with Crippen LogP contribution in [0.1, 0.15) is 23.1 Å². The number of rotatable bonds is 3. The van der Waals surface area contributed by atoms with Crippen molar-refractivity contribution in [2.45, 2.75) is 31.1 Å². The van der Waals surface area contributed by atoms with Crippen LogP contribution in [0.15, 0.2) is 41.3 Å². The summed E-state index contributed by atoms with van der Waals surface area (Å²) in [4.78, 5) is 11.7. The third-order valence-electron chi connectivity index (χ3n) is 3.96. The Morgan fingerprint density at radius 2 is 1.83 bits per heavy atom. The van der Waals surface area contributed by atoms with Gasteiger partial charge in [0.1, 0.15) is 5.78 Å². The van der Waals surface area contributed by atoms with Crippen LogP contribution in [-0.2, 0) is 27.7 Å². The number of hydrogen-bond acceptors (Lipinski definition) is 3. The number of fused-ring (bicyclic) bond motifs is 1. The third kappa shape index (κ3) is 3.41. The van der Waals surface area contributed by atoms with Gasteiger partial charge in [-0.2, -0.15) is 0 Å². The number of hydrogen-bond donors (Lipinski definition) is 1. The fourth-order valence-corrected chi connectivity index (χ4v) is 3.89. The zero-order valence-corrected chi connectivity index (χ0v) is 14.2. The molecule has 1 aliphatic carbocycles. The van der Waals surface area contributed by atoms with E-state index in [-0.39, 0.29) is 10.7 Å². The summed E-state index contributed by atoms with van der Waals surface area (Å²) in [7, 11) is -3.67. The van der Waals surface area contributed by atoms with Crippen LogP contribution in [-0.4, -0.2) is 14.2 Å². The molecule has 0 amide bonds. The third-order valence-corrected chi connectivity index (χ3v) is 5.76. The molecule has 0 saturated carbocycles. The number of aryl methyl sites for hydroxylation is 2. The van der Waals surface area contributed by atoms with E-state index in [1.54, 1.807) is 36.4 Å². The molecule has 3 rings (SSSR count). The topological polar surface area (TPSA) is 63.2 Å². The molecule has 0 heterocycles. The molecule has 0 radical (unpaired) electrons. The molecule has 0 bridgehead atoms. The highest BCUT2D eigenvalue weighted by atomic mass is 35.5. The monoisotopic (exact) mass is 349 g/mol. The van der Waals surface area contributed by atoms with Crippen LogP contribution < -0.4 is 4.72 Å². The summed E-state index contributed by atoms with van der Waals surface area (Å²) in [6, 6.07) is 9.91. The molecule has 4 nitrogen and oxygen atoms in total. The fourth-order valence-electron chi connectivity index (χ4n) is 2.67. The van der Waals surface area contributed by atoms with Crippen LogP contribution in [0.25, 0.3) is 0 Å². The van der Waals surface area contributed by atoms with Gasteiger partial charge >= 0.3 is 0 Å². The minimum atomic E-state index is -3.67. The Balaban J connectivity index is 1.90. The van der Waals surface area contributed by atoms with E-state index in [1.807, 2.05) is 6.92 Å².